The van der Waals surface area contributed by atoms with Crippen LogP contribution in [0.1, 0.15) is 15.3 Å². The van der Waals surface area contributed by atoms with Crippen molar-refractivity contribution in [1.82, 2.24) is 0 Å². The molecule has 1 aromatic heterocycles. The van der Waals surface area contributed by atoms with Gasteiger partial charge in [0.2, 0.25) is 0 Å². The number of hydrazone groups is 1. The summed E-state index contributed by atoms with van der Waals surface area (Å²) in [5, 5.41) is 3.77. The normalized spacial score (nSPS) is 12.5. The van der Waals surface area contributed by atoms with Crippen molar-refractivity contribution in [3.05, 3.63) is 76.0 Å². The molecule has 0 spiro atoms. The summed E-state index contributed by atoms with van der Waals surface area (Å²) in [6, 6.07) is 13.8. The van der Waals surface area contributed by atoms with Crippen molar-refractivity contribution in [2.45, 2.75) is 12.4 Å². The Hall–Kier alpha value is -2.81. The van der Waals surface area contributed by atoms with Crippen LogP contribution in [0.4, 0.5) is 32.0 Å². The van der Waals surface area contributed by atoms with Crippen molar-refractivity contribution in [2.24, 2.45) is 5.10 Å². The van der Waals surface area contributed by atoms with Crippen LogP contribution in [0.3, 0.4) is 0 Å². The van der Waals surface area contributed by atoms with Gasteiger partial charge in [-0.1, -0.05) is 36.4 Å². The predicted octanol–water partition coefficient (Wildman–Crippen LogP) is 6.90. The Morgan fingerprint density at radius 1 is 0.821 bits per heavy atom. The molecule has 0 aliphatic carbocycles. The molecule has 0 radical (unpaired) electrons. The van der Waals surface area contributed by atoms with E-state index in [9.17, 15) is 26.3 Å². The van der Waals surface area contributed by atoms with Crippen molar-refractivity contribution in [1.29, 1.82) is 0 Å². The first kappa shape index (κ1) is 19.9. The van der Waals surface area contributed by atoms with Crippen LogP contribution < -0.4 is 5.43 Å². The minimum Gasteiger partial charge on any atom is -0.278 e. The molecule has 0 fully saturated rings. The van der Waals surface area contributed by atoms with Gasteiger partial charge in [0.1, 0.15) is 4.88 Å². The van der Waals surface area contributed by atoms with Crippen molar-refractivity contribution in [3.63, 3.8) is 0 Å². The molecule has 3 rings (SSSR count). The fraction of sp³-hybridized carbons (Fsp3) is 0.105. The number of benzene rings is 2. The third-order valence-electron chi connectivity index (χ3n) is 3.67. The van der Waals surface area contributed by atoms with Gasteiger partial charge in [-0.15, -0.1) is 11.3 Å². The van der Waals surface area contributed by atoms with Gasteiger partial charge in [0, 0.05) is 10.4 Å². The lowest BCUT2D eigenvalue weighted by atomic mass is 10.1. The highest BCUT2D eigenvalue weighted by molar-refractivity contribution is 7.14. The highest BCUT2D eigenvalue weighted by atomic mass is 32.1. The van der Waals surface area contributed by atoms with Crippen LogP contribution >= 0.6 is 11.3 Å². The van der Waals surface area contributed by atoms with Crippen LogP contribution in [0.15, 0.2) is 65.8 Å². The Bertz CT molecular complexity index is 974. The average molecular weight is 414 g/mol. The molecule has 0 atom stereocenters. The minimum absolute atomic E-state index is 0.0265. The van der Waals surface area contributed by atoms with Gasteiger partial charge in [-0.25, -0.2) is 0 Å². The lowest BCUT2D eigenvalue weighted by molar-refractivity contribution is -0.137. The van der Waals surface area contributed by atoms with E-state index >= 15 is 0 Å². The fourth-order valence-corrected chi connectivity index (χ4v) is 3.37. The second-order valence-electron chi connectivity index (χ2n) is 5.70. The number of thiophene rings is 1. The van der Waals surface area contributed by atoms with Gasteiger partial charge in [-0.3, -0.25) is 5.43 Å². The highest BCUT2D eigenvalue weighted by Crippen LogP contribution is 2.42. The average Bonchev–Trinajstić information content (AvgIpc) is 3.07. The van der Waals surface area contributed by atoms with Gasteiger partial charge in [-0.05, 0) is 29.8 Å². The summed E-state index contributed by atoms with van der Waals surface area (Å²) in [7, 11) is 0. The summed E-state index contributed by atoms with van der Waals surface area (Å²) in [5.74, 6) is 0. The summed E-state index contributed by atoms with van der Waals surface area (Å²) < 4.78 is 78.1. The standard InChI is InChI=1S/C19H12F6N2S/c20-18(21,22)13-7-4-8-14(9-13)27-26-11-15-10-16(12-5-2-1-3-6-12)17(28-15)19(23,24)25/h1-11,27H/b26-11-. The molecule has 0 aliphatic rings. The van der Waals surface area contributed by atoms with Crippen molar-refractivity contribution in [3.8, 4) is 11.1 Å². The fourth-order valence-electron chi connectivity index (χ4n) is 2.45. The van der Waals surface area contributed by atoms with Crippen molar-refractivity contribution in [2.75, 3.05) is 5.43 Å². The zero-order valence-electron chi connectivity index (χ0n) is 14.0. The van der Waals surface area contributed by atoms with Crippen LogP contribution in [0.25, 0.3) is 11.1 Å². The molecular weight excluding hydrogens is 402 g/mol. The van der Waals surface area contributed by atoms with Gasteiger partial charge in [0.15, 0.2) is 0 Å². The summed E-state index contributed by atoms with van der Waals surface area (Å²) in [6.07, 6.45) is -7.88. The molecular formula is C19H12F6N2S. The topological polar surface area (TPSA) is 24.4 Å². The number of hydrogen-bond donors (Lipinski definition) is 1. The largest absolute Gasteiger partial charge is 0.426 e. The van der Waals surface area contributed by atoms with Gasteiger partial charge < -0.3 is 0 Å². The van der Waals surface area contributed by atoms with Crippen LogP contribution in [0, 0.1) is 0 Å². The summed E-state index contributed by atoms with van der Waals surface area (Å²) in [5.41, 5.74) is 2.07. The molecule has 3 aromatic rings. The number of anilines is 1. The Balaban J connectivity index is 1.84. The molecule has 0 saturated heterocycles. The molecule has 0 aliphatic heterocycles. The number of nitrogens with one attached hydrogen (secondary N) is 1. The molecule has 2 nitrogen and oxygen atoms in total. The molecule has 1 N–H and O–H groups in total. The number of hydrogen-bond acceptors (Lipinski definition) is 3. The third kappa shape index (κ3) is 4.72. The molecule has 0 amide bonds. The minimum atomic E-state index is -4.53. The molecule has 0 saturated carbocycles. The van der Waals surface area contributed by atoms with E-state index in [0.717, 1.165) is 18.3 Å². The Kier molecular flexibility index (Phi) is 5.46. The van der Waals surface area contributed by atoms with Crippen LogP contribution in [-0.4, -0.2) is 6.21 Å². The predicted molar refractivity (Wildman–Crippen MR) is 97.4 cm³/mol. The molecule has 9 heteroatoms. The Morgan fingerprint density at radius 2 is 1.54 bits per heavy atom. The lowest BCUT2D eigenvalue weighted by Crippen LogP contribution is -2.05. The van der Waals surface area contributed by atoms with E-state index in [1.807, 2.05) is 0 Å². The van der Waals surface area contributed by atoms with E-state index in [1.165, 1.54) is 18.2 Å². The summed E-state index contributed by atoms with van der Waals surface area (Å²) in [4.78, 5) is -0.551. The molecule has 0 unspecified atom stereocenters. The number of halogens is 6. The Labute approximate surface area is 160 Å². The molecule has 0 bridgehead atoms. The number of rotatable bonds is 4. The van der Waals surface area contributed by atoms with Gasteiger partial charge in [0.05, 0.1) is 17.5 Å². The quantitative estimate of drug-likeness (QED) is 0.280. The molecule has 2 aromatic carbocycles. The number of nitrogens with zero attached hydrogens (tertiary/aromatic N) is 1. The van der Waals surface area contributed by atoms with E-state index in [-0.39, 0.29) is 16.1 Å². The second-order valence-corrected chi connectivity index (χ2v) is 6.79. The molecule has 146 valence electrons. The Morgan fingerprint density at radius 3 is 2.18 bits per heavy atom. The van der Waals surface area contributed by atoms with E-state index in [1.54, 1.807) is 30.3 Å². The van der Waals surface area contributed by atoms with Gasteiger partial charge >= 0.3 is 12.4 Å². The second kappa shape index (κ2) is 7.67. The van der Waals surface area contributed by atoms with Gasteiger partial charge in [0.25, 0.3) is 0 Å². The van der Waals surface area contributed by atoms with Crippen molar-refractivity contribution >= 4 is 23.2 Å². The van der Waals surface area contributed by atoms with Crippen molar-refractivity contribution < 1.29 is 26.3 Å². The smallest absolute Gasteiger partial charge is 0.278 e. The molecule has 1 heterocycles. The maximum Gasteiger partial charge on any atom is 0.426 e. The maximum atomic E-state index is 13.3. The first-order chi connectivity index (χ1) is 13.1. The van der Waals surface area contributed by atoms with Gasteiger partial charge in [-0.2, -0.15) is 31.4 Å². The maximum absolute atomic E-state index is 13.3. The first-order valence-electron chi connectivity index (χ1n) is 7.87. The molecule has 28 heavy (non-hydrogen) atoms. The highest BCUT2D eigenvalue weighted by Gasteiger charge is 2.36. The summed E-state index contributed by atoms with van der Waals surface area (Å²) >= 11 is 0.510. The number of alkyl halides is 6. The third-order valence-corrected chi connectivity index (χ3v) is 4.78. The lowest BCUT2D eigenvalue weighted by Gasteiger charge is -2.07. The van der Waals surface area contributed by atoms with Crippen LogP contribution in [-0.2, 0) is 12.4 Å². The van der Waals surface area contributed by atoms with E-state index < -0.39 is 22.8 Å². The van der Waals surface area contributed by atoms with E-state index in [4.69, 9.17) is 0 Å². The summed E-state index contributed by atoms with van der Waals surface area (Å²) in [6.45, 7) is 0. The zero-order valence-corrected chi connectivity index (χ0v) is 14.8. The zero-order chi connectivity index (χ0) is 20.4. The monoisotopic (exact) mass is 414 g/mol. The van der Waals surface area contributed by atoms with Crippen LogP contribution in [0.5, 0.6) is 0 Å². The van der Waals surface area contributed by atoms with Crippen LogP contribution in [0.2, 0.25) is 0 Å². The SMILES string of the molecule is FC(F)(F)c1cccc(N/N=C\c2cc(-c3ccccc3)c(C(F)(F)F)s2)c1. The first-order valence-corrected chi connectivity index (χ1v) is 8.69. The van der Waals surface area contributed by atoms with E-state index in [0.29, 0.717) is 16.9 Å². The van der Waals surface area contributed by atoms with E-state index in [2.05, 4.69) is 10.5 Å².